The number of rotatable bonds is 6. The zero-order valence-electron chi connectivity index (χ0n) is 17.9. The van der Waals surface area contributed by atoms with Gasteiger partial charge in [-0.25, -0.2) is 0 Å². The minimum absolute atomic E-state index is 0. The number of benzene rings is 2. The summed E-state index contributed by atoms with van der Waals surface area (Å²) in [6.45, 7) is 3.44. The molecular weight excluding hydrogens is 501 g/mol. The lowest BCUT2D eigenvalue weighted by Crippen LogP contribution is -2.46. The van der Waals surface area contributed by atoms with Crippen LogP contribution in [0.15, 0.2) is 65.8 Å². The van der Waals surface area contributed by atoms with Crippen LogP contribution in [0, 0.1) is 0 Å². The molecule has 1 aromatic heterocycles. The summed E-state index contributed by atoms with van der Waals surface area (Å²) in [6.07, 6.45) is 4.02. The molecule has 2 aromatic carbocycles. The zero-order chi connectivity index (χ0) is 20.8. The van der Waals surface area contributed by atoms with Crippen molar-refractivity contribution in [1.29, 1.82) is 0 Å². The minimum atomic E-state index is 0. The van der Waals surface area contributed by atoms with Crippen molar-refractivity contribution < 1.29 is 4.79 Å². The molecule has 0 radical (unpaired) electrons. The average Bonchev–Trinajstić information content (AvgIpc) is 3.21. The van der Waals surface area contributed by atoms with Gasteiger partial charge in [-0.05, 0) is 41.5 Å². The molecule has 7 heteroatoms. The zero-order valence-corrected chi connectivity index (χ0v) is 20.2. The van der Waals surface area contributed by atoms with Gasteiger partial charge in [0.25, 0.3) is 0 Å². The van der Waals surface area contributed by atoms with Gasteiger partial charge in [0.05, 0.1) is 6.54 Å². The first kappa shape index (κ1) is 23.1. The summed E-state index contributed by atoms with van der Waals surface area (Å²) in [7, 11) is 1.73. The molecule has 1 amide bonds. The molecule has 0 spiro atoms. The van der Waals surface area contributed by atoms with Crippen LogP contribution in [0.3, 0.4) is 0 Å². The smallest absolute Gasteiger partial charge is 0.242 e. The molecule has 2 heterocycles. The summed E-state index contributed by atoms with van der Waals surface area (Å²) in [5.41, 5.74) is 3.85. The Morgan fingerprint density at radius 1 is 1.03 bits per heavy atom. The van der Waals surface area contributed by atoms with Crippen LogP contribution in [0.2, 0.25) is 0 Å². The third-order valence-corrected chi connectivity index (χ3v) is 5.66. The molecule has 31 heavy (non-hydrogen) atoms. The van der Waals surface area contributed by atoms with Gasteiger partial charge in [-0.15, -0.1) is 24.0 Å². The first-order valence-electron chi connectivity index (χ1n) is 10.6. The van der Waals surface area contributed by atoms with Crippen molar-refractivity contribution in [2.75, 3.05) is 26.7 Å². The number of fused-ring (bicyclic) bond motifs is 2. The van der Waals surface area contributed by atoms with Gasteiger partial charge in [-0.3, -0.25) is 9.79 Å². The van der Waals surface area contributed by atoms with Crippen LogP contribution in [0.4, 0.5) is 0 Å². The Balaban J connectivity index is 0.00000272. The summed E-state index contributed by atoms with van der Waals surface area (Å²) in [6, 6.07) is 18.9. The molecule has 0 atom stereocenters. The molecule has 0 fully saturated rings. The van der Waals surface area contributed by atoms with Crippen LogP contribution in [-0.4, -0.2) is 48.0 Å². The lowest BCUT2D eigenvalue weighted by molar-refractivity contribution is -0.130. The molecule has 0 unspecified atom stereocenters. The van der Waals surface area contributed by atoms with Gasteiger partial charge in [0, 0.05) is 44.9 Å². The number of amides is 1. The molecule has 0 aliphatic carbocycles. The number of hydrogen-bond acceptors (Lipinski definition) is 2. The maximum atomic E-state index is 12.6. The molecule has 164 valence electrons. The molecular formula is C24H30IN5O. The fourth-order valence-corrected chi connectivity index (χ4v) is 3.99. The van der Waals surface area contributed by atoms with Gasteiger partial charge >= 0.3 is 0 Å². The Morgan fingerprint density at radius 2 is 1.81 bits per heavy atom. The van der Waals surface area contributed by atoms with E-state index in [1.165, 1.54) is 22.0 Å². The van der Waals surface area contributed by atoms with Gasteiger partial charge in [0.15, 0.2) is 5.96 Å². The van der Waals surface area contributed by atoms with E-state index >= 15 is 0 Å². The Kier molecular flexibility index (Phi) is 8.34. The Bertz CT molecular complexity index is 1050. The van der Waals surface area contributed by atoms with E-state index in [2.05, 4.69) is 74.9 Å². The van der Waals surface area contributed by atoms with Crippen molar-refractivity contribution in [3.05, 3.63) is 71.9 Å². The van der Waals surface area contributed by atoms with Gasteiger partial charge in [-0.2, -0.15) is 0 Å². The number of hydrogen-bond donors (Lipinski definition) is 2. The van der Waals surface area contributed by atoms with E-state index in [1.54, 1.807) is 7.05 Å². The number of nitrogens with zero attached hydrogens (tertiary/aromatic N) is 3. The monoisotopic (exact) mass is 531 g/mol. The van der Waals surface area contributed by atoms with Crippen LogP contribution in [0.5, 0.6) is 0 Å². The maximum absolute atomic E-state index is 12.6. The number of carbonyl (C=O) groups is 1. The number of carbonyl (C=O) groups excluding carboxylic acids is 1. The summed E-state index contributed by atoms with van der Waals surface area (Å²) < 4.78 is 2.27. The summed E-state index contributed by atoms with van der Waals surface area (Å²) in [5.74, 6) is 0.768. The second-order valence-corrected chi connectivity index (χ2v) is 7.61. The fourth-order valence-electron chi connectivity index (χ4n) is 3.99. The van der Waals surface area contributed by atoms with Gasteiger partial charge in [0.2, 0.25) is 5.91 Å². The van der Waals surface area contributed by atoms with Crippen LogP contribution < -0.4 is 10.6 Å². The summed E-state index contributed by atoms with van der Waals surface area (Å²) in [4.78, 5) is 18.8. The second kappa shape index (κ2) is 11.2. The topological polar surface area (TPSA) is 61.7 Å². The largest absolute Gasteiger partial charge is 0.356 e. The molecule has 2 N–H and O–H groups in total. The van der Waals surface area contributed by atoms with Crippen LogP contribution in [-0.2, 0) is 24.3 Å². The number of aromatic nitrogens is 1. The maximum Gasteiger partial charge on any atom is 0.242 e. The van der Waals surface area contributed by atoms with E-state index in [0.29, 0.717) is 12.5 Å². The number of guanidine groups is 1. The quantitative estimate of drug-likeness (QED) is 0.222. The van der Waals surface area contributed by atoms with E-state index in [9.17, 15) is 4.79 Å². The molecule has 1 aliphatic rings. The minimum Gasteiger partial charge on any atom is -0.356 e. The van der Waals surface area contributed by atoms with Crippen LogP contribution >= 0.6 is 24.0 Å². The van der Waals surface area contributed by atoms with Crippen molar-refractivity contribution in [3.8, 4) is 0 Å². The average molecular weight is 531 g/mol. The van der Waals surface area contributed by atoms with Gasteiger partial charge in [-0.1, -0.05) is 42.5 Å². The highest BCUT2D eigenvalue weighted by Crippen LogP contribution is 2.18. The number of nitrogens with one attached hydrogen (secondary N) is 2. The van der Waals surface area contributed by atoms with E-state index < -0.39 is 0 Å². The highest BCUT2D eigenvalue weighted by atomic mass is 127. The van der Waals surface area contributed by atoms with Crippen molar-refractivity contribution in [2.45, 2.75) is 25.9 Å². The fraction of sp³-hybridized carbons (Fsp3) is 0.333. The lowest BCUT2D eigenvalue weighted by Gasteiger charge is -2.29. The predicted molar refractivity (Wildman–Crippen MR) is 137 cm³/mol. The van der Waals surface area contributed by atoms with E-state index in [4.69, 9.17) is 0 Å². The third kappa shape index (κ3) is 5.78. The van der Waals surface area contributed by atoms with Crippen LogP contribution in [0.1, 0.15) is 17.5 Å². The van der Waals surface area contributed by atoms with E-state index in [1.807, 2.05) is 11.0 Å². The van der Waals surface area contributed by atoms with Gasteiger partial charge in [0.1, 0.15) is 0 Å². The SMILES string of the molecule is CN=C(NCCCn1ccc2ccccc21)NCC(=O)N1CCc2ccccc2C1.I. The molecule has 0 bridgehead atoms. The highest BCUT2D eigenvalue weighted by molar-refractivity contribution is 14.0. The lowest BCUT2D eigenvalue weighted by atomic mass is 10.00. The van der Waals surface area contributed by atoms with Gasteiger partial charge < -0.3 is 20.1 Å². The normalized spacial score (nSPS) is 13.5. The van der Waals surface area contributed by atoms with E-state index in [-0.39, 0.29) is 36.4 Å². The standard InChI is InChI=1S/C24H29N5O.HI/c1-25-24(26-13-6-14-28-15-12-20-8-4-5-10-22(20)28)27-17-23(30)29-16-11-19-7-2-3-9-21(19)18-29;/h2-5,7-10,12,15H,6,11,13-14,16-18H2,1H3,(H2,25,26,27);1H. The molecule has 0 saturated carbocycles. The highest BCUT2D eigenvalue weighted by Gasteiger charge is 2.20. The third-order valence-electron chi connectivity index (χ3n) is 5.66. The number of aryl methyl sites for hydroxylation is 1. The number of halogens is 1. The molecule has 1 aliphatic heterocycles. The van der Waals surface area contributed by atoms with Crippen LogP contribution in [0.25, 0.3) is 10.9 Å². The van der Waals surface area contributed by atoms with Crippen molar-refractivity contribution in [2.24, 2.45) is 4.99 Å². The number of para-hydroxylation sites is 1. The molecule has 3 aromatic rings. The van der Waals surface area contributed by atoms with Crippen molar-refractivity contribution >= 4 is 46.7 Å². The summed E-state index contributed by atoms with van der Waals surface area (Å²) >= 11 is 0. The van der Waals surface area contributed by atoms with Crippen molar-refractivity contribution in [1.82, 2.24) is 20.1 Å². The second-order valence-electron chi connectivity index (χ2n) is 7.61. The van der Waals surface area contributed by atoms with Crippen molar-refractivity contribution in [3.63, 3.8) is 0 Å². The Labute approximate surface area is 200 Å². The molecule has 6 nitrogen and oxygen atoms in total. The Hall–Kier alpha value is -2.55. The van der Waals surface area contributed by atoms with E-state index in [0.717, 1.165) is 32.5 Å². The molecule has 0 saturated heterocycles. The first-order valence-corrected chi connectivity index (χ1v) is 10.6. The number of aliphatic imine (C=N–C) groups is 1. The Morgan fingerprint density at radius 3 is 2.65 bits per heavy atom. The first-order chi connectivity index (χ1) is 14.7. The summed E-state index contributed by atoms with van der Waals surface area (Å²) in [5, 5.41) is 7.73. The molecule has 4 rings (SSSR count). The predicted octanol–water partition coefficient (Wildman–Crippen LogP) is 3.40.